The van der Waals surface area contributed by atoms with Crippen LogP contribution >= 0.6 is 23.5 Å². The standard InChI is InChI=1S/C10H14F2N4S2/c11-7-3-8(12)10(16-13)15-9(7)14-4-6-5-17-1-2-18-6/h3,6H,1-2,4-5,13H2,(H2,14,15,16). The molecule has 1 aromatic rings. The Balaban J connectivity index is 1.99. The molecule has 1 aromatic heterocycles. The van der Waals surface area contributed by atoms with E-state index in [2.05, 4.69) is 15.7 Å². The van der Waals surface area contributed by atoms with Gasteiger partial charge in [0.25, 0.3) is 0 Å². The third kappa shape index (κ3) is 3.39. The van der Waals surface area contributed by atoms with Crippen LogP contribution in [-0.2, 0) is 0 Å². The number of thioether (sulfide) groups is 2. The van der Waals surface area contributed by atoms with Crippen molar-refractivity contribution in [3.63, 3.8) is 0 Å². The largest absolute Gasteiger partial charge is 0.366 e. The first kappa shape index (κ1) is 13.7. The number of hydrazine groups is 1. The first-order chi connectivity index (χ1) is 8.70. The predicted octanol–water partition coefficient (Wildman–Crippen LogP) is 1.91. The summed E-state index contributed by atoms with van der Waals surface area (Å²) in [5.74, 6) is 6.74. The number of nitrogens with two attached hydrogens (primary N) is 1. The molecular formula is C10H14F2N4S2. The van der Waals surface area contributed by atoms with Crippen LogP contribution < -0.4 is 16.6 Å². The van der Waals surface area contributed by atoms with Gasteiger partial charge in [0.1, 0.15) is 0 Å². The summed E-state index contributed by atoms with van der Waals surface area (Å²) in [4.78, 5) is 3.76. The molecule has 1 saturated heterocycles. The third-order valence-electron chi connectivity index (χ3n) is 2.45. The first-order valence-corrected chi connectivity index (χ1v) is 7.67. The molecule has 4 nitrogen and oxygen atoms in total. The van der Waals surface area contributed by atoms with E-state index >= 15 is 0 Å². The lowest BCUT2D eigenvalue weighted by molar-refractivity contribution is 0.578. The highest BCUT2D eigenvalue weighted by Crippen LogP contribution is 2.25. The van der Waals surface area contributed by atoms with Crippen molar-refractivity contribution >= 4 is 35.2 Å². The highest BCUT2D eigenvalue weighted by Gasteiger charge is 2.16. The number of pyridine rings is 1. The zero-order valence-corrected chi connectivity index (χ0v) is 11.2. The quantitative estimate of drug-likeness (QED) is 0.582. The number of hydrogen-bond acceptors (Lipinski definition) is 6. The van der Waals surface area contributed by atoms with Gasteiger partial charge in [0.05, 0.1) is 0 Å². The van der Waals surface area contributed by atoms with Gasteiger partial charge in [0, 0.05) is 35.1 Å². The van der Waals surface area contributed by atoms with E-state index in [1.54, 1.807) is 0 Å². The molecule has 0 aliphatic carbocycles. The van der Waals surface area contributed by atoms with Gasteiger partial charge in [0.2, 0.25) is 0 Å². The molecule has 2 rings (SSSR count). The molecule has 4 N–H and O–H groups in total. The number of nitrogens with zero attached hydrogens (tertiary/aromatic N) is 1. The number of anilines is 2. The minimum absolute atomic E-state index is 0.0283. The van der Waals surface area contributed by atoms with Gasteiger partial charge in [-0.25, -0.2) is 19.6 Å². The van der Waals surface area contributed by atoms with Crippen LogP contribution in [0.3, 0.4) is 0 Å². The van der Waals surface area contributed by atoms with Crippen molar-refractivity contribution in [3.05, 3.63) is 17.7 Å². The fourth-order valence-electron chi connectivity index (χ4n) is 1.56. The number of nitrogen functional groups attached to an aromatic ring is 1. The maximum Gasteiger partial charge on any atom is 0.178 e. The van der Waals surface area contributed by atoms with Crippen LogP contribution in [0.5, 0.6) is 0 Å². The number of nitrogens with one attached hydrogen (secondary N) is 2. The molecule has 8 heteroatoms. The number of halogens is 2. The van der Waals surface area contributed by atoms with Crippen LogP contribution in [0.1, 0.15) is 0 Å². The van der Waals surface area contributed by atoms with Crippen LogP contribution in [0.15, 0.2) is 6.07 Å². The van der Waals surface area contributed by atoms with Gasteiger partial charge in [-0.05, 0) is 0 Å². The zero-order chi connectivity index (χ0) is 13.0. The van der Waals surface area contributed by atoms with Gasteiger partial charge in [-0.1, -0.05) is 0 Å². The molecule has 18 heavy (non-hydrogen) atoms. The molecule has 1 atom stereocenters. The highest BCUT2D eigenvalue weighted by molar-refractivity contribution is 8.06. The van der Waals surface area contributed by atoms with E-state index in [1.807, 2.05) is 23.5 Å². The Morgan fingerprint density at radius 2 is 2.11 bits per heavy atom. The Labute approximate surface area is 112 Å². The van der Waals surface area contributed by atoms with Crippen molar-refractivity contribution in [1.29, 1.82) is 0 Å². The Morgan fingerprint density at radius 1 is 1.33 bits per heavy atom. The molecule has 100 valence electrons. The van der Waals surface area contributed by atoms with Gasteiger partial charge in [-0.2, -0.15) is 23.5 Å². The van der Waals surface area contributed by atoms with E-state index < -0.39 is 11.6 Å². The molecule has 0 bridgehead atoms. The van der Waals surface area contributed by atoms with Crippen LogP contribution in [0.2, 0.25) is 0 Å². The predicted molar refractivity (Wildman–Crippen MR) is 74.0 cm³/mol. The molecule has 0 aromatic carbocycles. The molecule has 0 radical (unpaired) electrons. The van der Waals surface area contributed by atoms with E-state index in [4.69, 9.17) is 5.84 Å². The fourth-order valence-corrected chi connectivity index (χ4v) is 4.17. The van der Waals surface area contributed by atoms with Gasteiger partial charge in [-0.15, -0.1) is 0 Å². The average Bonchev–Trinajstić information content (AvgIpc) is 2.39. The van der Waals surface area contributed by atoms with Crippen molar-refractivity contribution in [1.82, 2.24) is 4.98 Å². The van der Waals surface area contributed by atoms with E-state index in [1.165, 1.54) is 0 Å². The zero-order valence-electron chi connectivity index (χ0n) is 9.58. The molecule has 1 fully saturated rings. The smallest absolute Gasteiger partial charge is 0.178 e. The van der Waals surface area contributed by atoms with Crippen LogP contribution in [-0.4, -0.2) is 34.0 Å². The number of aromatic nitrogens is 1. The Morgan fingerprint density at radius 3 is 2.78 bits per heavy atom. The fraction of sp³-hybridized carbons (Fsp3) is 0.500. The van der Waals surface area contributed by atoms with Gasteiger partial charge < -0.3 is 10.7 Å². The first-order valence-electron chi connectivity index (χ1n) is 5.46. The molecule has 0 spiro atoms. The molecule has 2 heterocycles. The van der Waals surface area contributed by atoms with E-state index in [0.717, 1.165) is 23.3 Å². The highest BCUT2D eigenvalue weighted by atomic mass is 32.2. The second-order valence-electron chi connectivity index (χ2n) is 3.74. The summed E-state index contributed by atoms with van der Waals surface area (Å²) in [7, 11) is 0. The maximum absolute atomic E-state index is 13.5. The van der Waals surface area contributed by atoms with Crippen molar-refractivity contribution < 1.29 is 8.78 Å². The second kappa shape index (κ2) is 6.44. The SMILES string of the molecule is NNc1nc(NCC2CSCCS2)c(F)cc1F. The summed E-state index contributed by atoms with van der Waals surface area (Å²) < 4.78 is 26.6. The van der Waals surface area contributed by atoms with Gasteiger partial charge in [-0.3, -0.25) is 0 Å². The molecule has 1 aliphatic heterocycles. The maximum atomic E-state index is 13.5. The topological polar surface area (TPSA) is 63.0 Å². The number of rotatable bonds is 4. The monoisotopic (exact) mass is 292 g/mol. The summed E-state index contributed by atoms with van der Waals surface area (Å²) in [6.07, 6.45) is 0. The van der Waals surface area contributed by atoms with Crippen molar-refractivity contribution in [2.24, 2.45) is 5.84 Å². The van der Waals surface area contributed by atoms with Gasteiger partial charge >= 0.3 is 0 Å². The van der Waals surface area contributed by atoms with Crippen LogP contribution in [0.4, 0.5) is 20.4 Å². The van der Waals surface area contributed by atoms with Crippen molar-refractivity contribution in [2.75, 3.05) is 34.5 Å². The van der Waals surface area contributed by atoms with E-state index in [9.17, 15) is 8.78 Å². The van der Waals surface area contributed by atoms with E-state index in [-0.39, 0.29) is 11.6 Å². The summed E-state index contributed by atoms with van der Waals surface area (Å²) in [5, 5.41) is 3.32. The second-order valence-corrected chi connectivity index (χ2v) is 6.30. The lowest BCUT2D eigenvalue weighted by Crippen LogP contribution is -2.24. The van der Waals surface area contributed by atoms with E-state index in [0.29, 0.717) is 11.8 Å². The van der Waals surface area contributed by atoms with Crippen LogP contribution in [0, 0.1) is 11.6 Å². The summed E-state index contributed by atoms with van der Waals surface area (Å²) in [6, 6.07) is 0.771. The molecule has 0 saturated carbocycles. The average molecular weight is 292 g/mol. The number of hydrogen-bond donors (Lipinski definition) is 3. The van der Waals surface area contributed by atoms with Crippen molar-refractivity contribution in [2.45, 2.75) is 5.25 Å². The van der Waals surface area contributed by atoms with Crippen molar-refractivity contribution in [3.8, 4) is 0 Å². The third-order valence-corrected chi connectivity index (χ3v) is 5.29. The molecule has 0 amide bonds. The molecule has 1 unspecified atom stereocenters. The lowest BCUT2D eigenvalue weighted by atomic mass is 10.4. The molecule has 1 aliphatic rings. The lowest BCUT2D eigenvalue weighted by Gasteiger charge is -2.21. The summed E-state index contributed by atoms with van der Waals surface area (Å²) in [5.41, 5.74) is 2.10. The summed E-state index contributed by atoms with van der Waals surface area (Å²) >= 11 is 3.74. The van der Waals surface area contributed by atoms with Crippen LogP contribution in [0.25, 0.3) is 0 Å². The molecular weight excluding hydrogens is 278 g/mol. The Bertz CT molecular complexity index is 413. The van der Waals surface area contributed by atoms with Gasteiger partial charge in [0.15, 0.2) is 23.3 Å². The Kier molecular flexibility index (Phi) is 4.90. The summed E-state index contributed by atoms with van der Waals surface area (Å²) in [6.45, 7) is 0.608. The minimum Gasteiger partial charge on any atom is -0.366 e. The Hall–Kier alpha value is -0.730. The minimum atomic E-state index is -0.803. The normalized spacial score (nSPS) is 19.6.